The van der Waals surface area contributed by atoms with Gasteiger partial charge in [-0.15, -0.1) is 0 Å². The molecule has 0 radical (unpaired) electrons. The second-order valence-corrected chi connectivity index (χ2v) is 5.88. The van der Waals surface area contributed by atoms with E-state index in [1.54, 1.807) is 6.07 Å². The summed E-state index contributed by atoms with van der Waals surface area (Å²) in [6, 6.07) is 5.84. The topological polar surface area (TPSA) is 105 Å². The fraction of sp³-hybridized carbons (Fsp3) is 0.176. The molecule has 2 heterocycles. The Labute approximate surface area is 144 Å². The molecule has 0 spiro atoms. The fourth-order valence-corrected chi connectivity index (χ4v) is 2.55. The first kappa shape index (κ1) is 16.1. The maximum Gasteiger partial charge on any atom is 0.357 e. The Morgan fingerprint density at radius 1 is 1.31 bits per heavy atom. The Balaban J connectivity index is 1.67. The Morgan fingerprint density at radius 2 is 2.08 bits per heavy atom. The minimum Gasteiger partial charge on any atom is -0.476 e. The van der Waals surface area contributed by atoms with Crippen LogP contribution in [0.3, 0.4) is 0 Å². The number of aromatic nitrogens is 2. The highest BCUT2D eigenvalue weighted by molar-refractivity contribution is 5.96. The zero-order valence-electron chi connectivity index (χ0n) is 13.1. The molecular weight excluding hydrogens is 348 g/mol. The van der Waals surface area contributed by atoms with Gasteiger partial charge in [-0.1, -0.05) is 0 Å². The maximum atomic E-state index is 14.3. The van der Waals surface area contributed by atoms with Gasteiger partial charge < -0.3 is 14.8 Å². The number of oxazole rings is 1. The van der Waals surface area contributed by atoms with E-state index in [1.807, 2.05) is 0 Å². The van der Waals surface area contributed by atoms with Crippen LogP contribution in [0.1, 0.15) is 16.9 Å². The molecule has 3 aromatic rings. The van der Waals surface area contributed by atoms with Gasteiger partial charge in [0, 0.05) is 11.9 Å². The van der Waals surface area contributed by atoms with E-state index in [0.717, 1.165) is 6.20 Å². The van der Waals surface area contributed by atoms with Gasteiger partial charge in [0.15, 0.2) is 17.1 Å². The molecule has 1 fully saturated rings. The molecule has 1 aromatic carbocycles. The number of hydrogen-bond donors (Lipinski definition) is 2. The molecule has 2 atom stereocenters. The van der Waals surface area contributed by atoms with E-state index in [2.05, 4.69) is 15.3 Å². The van der Waals surface area contributed by atoms with Crippen LogP contribution in [0.15, 0.2) is 34.9 Å². The van der Waals surface area contributed by atoms with Gasteiger partial charge in [-0.25, -0.2) is 23.5 Å². The first-order valence-electron chi connectivity index (χ1n) is 7.67. The average molecular weight is 359 g/mol. The number of anilines is 1. The van der Waals surface area contributed by atoms with Gasteiger partial charge in [0.2, 0.25) is 11.8 Å². The molecule has 0 saturated heterocycles. The number of amides is 1. The number of alkyl halides is 1. The summed E-state index contributed by atoms with van der Waals surface area (Å²) in [5.41, 5.74) is 0.183. The summed E-state index contributed by atoms with van der Waals surface area (Å²) >= 11 is 0. The molecule has 0 bridgehead atoms. The lowest BCUT2D eigenvalue weighted by atomic mass is 10.2. The summed E-state index contributed by atoms with van der Waals surface area (Å²) in [4.78, 5) is 30.4. The van der Waals surface area contributed by atoms with Crippen molar-refractivity contribution in [1.29, 1.82) is 0 Å². The number of nitrogens with zero attached hydrogens (tertiary/aromatic N) is 2. The molecule has 7 nitrogen and oxygen atoms in total. The number of benzene rings is 1. The van der Waals surface area contributed by atoms with Gasteiger partial charge in [-0.05, 0) is 30.7 Å². The highest BCUT2D eigenvalue weighted by atomic mass is 19.1. The molecule has 132 valence electrons. The third-order valence-electron chi connectivity index (χ3n) is 4.03. The number of hydrogen-bond acceptors (Lipinski definition) is 5. The third-order valence-corrected chi connectivity index (χ3v) is 4.03. The quantitative estimate of drug-likeness (QED) is 0.742. The average Bonchev–Trinajstić information content (AvgIpc) is 3.18. The minimum atomic E-state index is -1.50. The lowest BCUT2D eigenvalue weighted by Gasteiger charge is -2.02. The Kier molecular flexibility index (Phi) is 3.64. The van der Waals surface area contributed by atoms with E-state index in [-0.39, 0.29) is 17.9 Å². The molecule has 1 aliphatic carbocycles. The largest absolute Gasteiger partial charge is 0.476 e. The van der Waals surface area contributed by atoms with E-state index in [0.29, 0.717) is 16.8 Å². The number of nitrogens with one attached hydrogen (secondary N) is 1. The number of carboxylic acids is 1. The predicted octanol–water partition coefficient (Wildman–Crippen LogP) is 3.02. The smallest absolute Gasteiger partial charge is 0.357 e. The number of rotatable bonds is 4. The van der Waals surface area contributed by atoms with Crippen LogP contribution in [-0.2, 0) is 4.79 Å². The summed E-state index contributed by atoms with van der Waals surface area (Å²) in [6.45, 7) is 0. The summed E-state index contributed by atoms with van der Waals surface area (Å²) in [5, 5.41) is 11.5. The fourth-order valence-electron chi connectivity index (χ4n) is 2.55. The molecule has 0 unspecified atom stereocenters. The van der Waals surface area contributed by atoms with Crippen molar-refractivity contribution in [3.8, 4) is 11.5 Å². The second kappa shape index (κ2) is 5.87. The monoisotopic (exact) mass is 359 g/mol. The third kappa shape index (κ3) is 2.77. The minimum absolute atomic E-state index is 0.114. The standard InChI is InChI=1S/C17H11F2N3O4/c18-10-6-9(10)15(23)21-7-1-2-12-11(5-7)22-16(26-12)8-3-4-20-14(13(8)19)17(24)25/h1-5,9-10H,6H2,(H,21,23)(H,24,25)/t9-,10+/m1/s1. The van der Waals surface area contributed by atoms with Crippen molar-refractivity contribution in [2.75, 3.05) is 5.32 Å². The van der Waals surface area contributed by atoms with Gasteiger partial charge in [0.05, 0.1) is 11.5 Å². The van der Waals surface area contributed by atoms with Crippen LogP contribution in [-0.4, -0.2) is 33.1 Å². The zero-order valence-corrected chi connectivity index (χ0v) is 13.1. The molecule has 2 aromatic heterocycles. The maximum absolute atomic E-state index is 14.3. The van der Waals surface area contributed by atoms with E-state index >= 15 is 0 Å². The molecule has 2 N–H and O–H groups in total. The number of halogens is 2. The van der Waals surface area contributed by atoms with E-state index < -0.39 is 35.5 Å². The lowest BCUT2D eigenvalue weighted by molar-refractivity contribution is -0.117. The Morgan fingerprint density at radius 3 is 2.77 bits per heavy atom. The van der Waals surface area contributed by atoms with Crippen molar-refractivity contribution < 1.29 is 27.9 Å². The highest BCUT2D eigenvalue weighted by Crippen LogP contribution is 2.35. The normalized spacial score (nSPS) is 18.7. The number of carbonyl (C=O) groups excluding carboxylic acids is 1. The summed E-state index contributed by atoms with van der Waals surface area (Å²) in [7, 11) is 0. The van der Waals surface area contributed by atoms with Crippen LogP contribution in [0.25, 0.3) is 22.6 Å². The van der Waals surface area contributed by atoms with Gasteiger partial charge >= 0.3 is 5.97 Å². The molecule has 4 rings (SSSR count). The van der Waals surface area contributed by atoms with Crippen molar-refractivity contribution in [3.63, 3.8) is 0 Å². The second-order valence-electron chi connectivity index (χ2n) is 5.88. The zero-order chi connectivity index (χ0) is 18.4. The predicted molar refractivity (Wildman–Crippen MR) is 85.8 cm³/mol. The molecule has 0 aliphatic heterocycles. The Bertz CT molecular complexity index is 1050. The first-order valence-corrected chi connectivity index (χ1v) is 7.67. The molecule has 1 amide bonds. The van der Waals surface area contributed by atoms with Crippen LogP contribution >= 0.6 is 0 Å². The van der Waals surface area contributed by atoms with E-state index in [1.165, 1.54) is 18.2 Å². The first-order chi connectivity index (χ1) is 12.4. The number of pyridine rings is 1. The van der Waals surface area contributed by atoms with Crippen LogP contribution in [0.2, 0.25) is 0 Å². The van der Waals surface area contributed by atoms with Gasteiger partial charge in [0.1, 0.15) is 11.7 Å². The van der Waals surface area contributed by atoms with Crippen molar-refractivity contribution in [3.05, 3.63) is 42.0 Å². The Hall–Kier alpha value is -3.36. The molecule has 1 saturated carbocycles. The van der Waals surface area contributed by atoms with Crippen LogP contribution < -0.4 is 5.32 Å². The molecule has 1 aliphatic rings. The van der Waals surface area contributed by atoms with Gasteiger partial charge in [-0.2, -0.15) is 0 Å². The summed E-state index contributed by atoms with van der Waals surface area (Å²) < 4.78 is 32.7. The van der Waals surface area contributed by atoms with Crippen molar-refractivity contribution in [1.82, 2.24) is 9.97 Å². The number of carbonyl (C=O) groups is 2. The molecule has 9 heteroatoms. The number of carboxylic acid groups (broad SMARTS) is 1. The lowest BCUT2D eigenvalue weighted by Crippen LogP contribution is -2.14. The summed E-state index contributed by atoms with van der Waals surface area (Å²) in [5.74, 6) is -3.71. The van der Waals surface area contributed by atoms with Gasteiger partial charge in [0.25, 0.3) is 0 Å². The van der Waals surface area contributed by atoms with E-state index in [9.17, 15) is 18.4 Å². The van der Waals surface area contributed by atoms with Crippen LogP contribution in [0, 0.1) is 11.7 Å². The molecule has 26 heavy (non-hydrogen) atoms. The summed E-state index contributed by atoms with van der Waals surface area (Å²) in [6.07, 6.45) is 0.261. The number of fused-ring (bicyclic) bond motifs is 1. The number of aromatic carboxylic acids is 1. The van der Waals surface area contributed by atoms with Crippen molar-refractivity contribution >= 4 is 28.7 Å². The molecular formula is C17H11F2N3O4. The SMILES string of the molecule is O=C(O)c1nccc(-c2nc3cc(NC(=O)[C@@H]4C[C@@H]4F)ccc3o2)c1F. The van der Waals surface area contributed by atoms with Crippen LogP contribution in [0.4, 0.5) is 14.5 Å². The van der Waals surface area contributed by atoms with Crippen molar-refractivity contribution in [2.24, 2.45) is 5.92 Å². The van der Waals surface area contributed by atoms with Crippen molar-refractivity contribution in [2.45, 2.75) is 12.6 Å². The van der Waals surface area contributed by atoms with E-state index in [4.69, 9.17) is 9.52 Å². The van der Waals surface area contributed by atoms with Gasteiger partial charge in [-0.3, -0.25) is 4.79 Å². The highest BCUT2D eigenvalue weighted by Gasteiger charge is 2.43. The van der Waals surface area contributed by atoms with Crippen LogP contribution in [0.5, 0.6) is 0 Å².